The maximum atomic E-state index is 11.8. The van der Waals surface area contributed by atoms with Crippen LogP contribution in [0.25, 0.3) is 0 Å². The van der Waals surface area contributed by atoms with E-state index >= 15 is 0 Å². The quantitative estimate of drug-likeness (QED) is 0.744. The number of methoxy groups -OCH3 is 1. The van der Waals surface area contributed by atoms with Gasteiger partial charge in [0.25, 0.3) is 5.91 Å². The highest BCUT2D eigenvalue weighted by Gasteiger charge is 2.27. The molecule has 0 saturated heterocycles. The number of ether oxygens (including phenoxy) is 3. The zero-order valence-electron chi connectivity index (χ0n) is 11.4. The highest BCUT2D eigenvalue weighted by atomic mass is 19.4. The summed E-state index contributed by atoms with van der Waals surface area (Å²) < 4.78 is 50.0. The SMILES string of the molecule is COc1ccccc1OCC(=O)NCCOCC(F)(F)F. The minimum absolute atomic E-state index is 0.0236. The van der Waals surface area contributed by atoms with Crippen LogP contribution in [0.1, 0.15) is 0 Å². The molecule has 0 saturated carbocycles. The molecule has 8 heteroatoms. The van der Waals surface area contributed by atoms with Crippen LogP contribution < -0.4 is 14.8 Å². The van der Waals surface area contributed by atoms with E-state index in [1.807, 2.05) is 0 Å². The third-order valence-corrected chi connectivity index (χ3v) is 2.26. The van der Waals surface area contributed by atoms with Gasteiger partial charge in [0.15, 0.2) is 18.1 Å². The molecule has 21 heavy (non-hydrogen) atoms. The molecule has 0 aliphatic rings. The lowest BCUT2D eigenvalue weighted by molar-refractivity contribution is -0.173. The number of hydrogen-bond acceptors (Lipinski definition) is 4. The van der Waals surface area contributed by atoms with E-state index in [1.165, 1.54) is 7.11 Å². The van der Waals surface area contributed by atoms with Gasteiger partial charge in [-0.25, -0.2) is 0 Å². The van der Waals surface area contributed by atoms with E-state index in [9.17, 15) is 18.0 Å². The Hall–Kier alpha value is -1.96. The predicted molar refractivity (Wildman–Crippen MR) is 68.4 cm³/mol. The first-order valence-electron chi connectivity index (χ1n) is 6.09. The molecule has 1 rings (SSSR count). The lowest BCUT2D eigenvalue weighted by Gasteiger charge is -2.11. The fraction of sp³-hybridized carbons (Fsp3) is 0.462. The Morgan fingerprint density at radius 2 is 1.90 bits per heavy atom. The van der Waals surface area contributed by atoms with E-state index in [0.717, 1.165) is 0 Å². The third kappa shape index (κ3) is 7.40. The normalized spacial score (nSPS) is 11.0. The fourth-order valence-electron chi connectivity index (χ4n) is 1.38. The number of rotatable bonds is 8. The van der Waals surface area contributed by atoms with Crippen molar-refractivity contribution in [3.63, 3.8) is 0 Å². The van der Waals surface area contributed by atoms with E-state index < -0.39 is 18.7 Å². The Bertz CT molecular complexity index is 451. The molecule has 0 radical (unpaired) electrons. The molecule has 1 aromatic carbocycles. The van der Waals surface area contributed by atoms with Gasteiger partial charge in [-0.1, -0.05) is 12.1 Å². The van der Waals surface area contributed by atoms with Crippen LogP contribution in [-0.2, 0) is 9.53 Å². The van der Waals surface area contributed by atoms with Crippen molar-refractivity contribution in [3.8, 4) is 11.5 Å². The molecule has 0 aliphatic heterocycles. The molecular weight excluding hydrogens is 291 g/mol. The molecule has 1 aromatic rings. The standard InChI is InChI=1S/C13H16F3NO4/c1-19-10-4-2-3-5-11(10)21-8-12(18)17-6-7-20-9-13(14,15)16/h2-5H,6-9H2,1H3,(H,17,18). The lowest BCUT2D eigenvalue weighted by Crippen LogP contribution is -2.32. The smallest absolute Gasteiger partial charge is 0.411 e. The number of carbonyl (C=O) groups excluding carboxylic acids is 1. The number of halogens is 3. The largest absolute Gasteiger partial charge is 0.493 e. The van der Waals surface area contributed by atoms with Gasteiger partial charge < -0.3 is 19.5 Å². The van der Waals surface area contributed by atoms with E-state index in [1.54, 1.807) is 24.3 Å². The first-order valence-corrected chi connectivity index (χ1v) is 6.09. The number of alkyl halides is 3. The maximum absolute atomic E-state index is 11.8. The van der Waals surface area contributed by atoms with Gasteiger partial charge in [-0.2, -0.15) is 13.2 Å². The number of amides is 1. The molecule has 0 aromatic heterocycles. The maximum Gasteiger partial charge on any atom is 0.411 e. The third-order valence-electron chi connectivity index (χ3n) is 2.26. The second kappa shape index (κ2) is 8.35. The van der Waals surface area contributed by atoms with Gasteiger partial charge in [0, 0.05) is 6.54 Å². The molecule has 0 spiro atoms. The van der Waals surface area contributed by atoms with Crippen molar-refractivity contribution in [2.75, 3.05) is 33.5 Å². The first-order chi connectivity index (χ1) is 9.92. The van der Waals surface area contributed by atoms with Gasteiger partial charge in [-0.05, 0) is 12.1 Å². The molecule has 0 unspecified atom stereocenters. The first kappa shape index (κ1) is 17.1. The number of carbonyl (C=O) groups is 1. The summed E-state index contributed by atoms with van der Waals surface area (Å²) >= 11 is 0. The van der Waals surface area contributed by atoms with Gasteiger partial charge in [0.05, 0.1) is 13.7 Å². The van der Waals surface area contributed by atoms with Crippen LogP contribution in [0.4, 0.5) is 13.2 Å². The van der Waals surface area contributed by atoms with Crippen molar-refractivity contribution in [3.05, 3.63) is 24.3 Å². The van der Waals surface area contributed by atoms with Crippen molar-refractivity contribution in [1.82, 2.24) is 5.32 Å². The van der Waals surface area contributed by atoms with E-state index in [2.05, 4.69) is 10.1 Å². The zero-order valence-corrected chi connectivity index (χ0v) is 11.4. The summed E-state index contributed by atoms with van der Waals surface area (Å²) in [5.41, 5.74) is 0. The Balaban J connectivity index is 2.20. The molecule has 5 nitrogen and oxygen atoms in total. The molecule has 1 N–H and O–H groups in total. The summed E-state index contributed by atoms with van der Waals surface area (Å²) in [7, 11) is 1.47. The molecule has 118 valence electrons. The van der Waals surface area contributed by atoms with Crippen LogP contribution in [0.3, 0.4) is 0 Å². The van der Waals surface area contributed by atoms with Crippen LogP contribution in [0.2, 0.25) is 0 Å². The summed E-state index contributed by atoms with van der Waals surface area (Å²) in [6, 6.07) is 6.79. The van der Waals surface area contributed by atoms with Crippen LogP contribution in [0.15, 0.2) is 24.3 Å². The molecule has 1 amide bonds. The van der Waals surface area contributed by atoms with Crippen LogP contribution in [-0.4, -0.2) is 45.6 Å². The van der Waals surface area contributed by atoms with Crippen LogP contribution in [0, 0.1) is 0 Å². The summed E-state index contributed by atoms with van der Waals surface area (Å²) in [5, 5.41) is 2.38. The minimum atomic E-state index is -4.36. The number of hydrogen-bond donors (Lipinski definition) is 1. The average molecular weight is 307 g/mol. The number of para-hydroxylation sites is 2. The molecular formula is C13H16F3NO4. The summed E-state index contributed by atoms with van der Waals surface area (Å²) in [6.07, 6.45) is -4.36. The Morgan fingerprint density at radius 1 is 1.24 bits per heavy atom. The van der Waals surface area contributed by atoms with E-state index in [4.69, 9.17) is 9.47 Å². The summed E-state index contributed by atoms with van der Waals surface area (Å²) in [4.78, 5) is 11.4. The topological polar surface area (TPSA) is 56.8 Å². The van der Waals surface area contributed by atoms with Gasteiger partial charge in [0.2, 0.25) is 0 Å². The minimum Gasteiger partial charge on any atom is -0.493 e. The second-order valence-corrected chi connectivity index (χ2v) is 3.96. The van der Waals surface area contributed by atoms with Crippen molar-refractivity contribution >= 4 is 5.91 Å². The average Bonchev–Trinajstić information content (AvgIpc) is 2.43. The van der Waals surface area contributed by atoms with Crippen molar-refractivity contribution in [1.29, 1.82) is 0 Å². The van der Waals surface area contributed by atoms with E-state index in [0.29, 0.717) is 11.5 Å². The van der Waals surface area contributed by atoms with Crippen molar-refractivity contribution in [2.24, 2.45) is 0 Å². The predicted octanol–water partition coefficient (Wildman–Crippen LogP) is 1.77. The lowest BCUT2D eigenvalue weighted by atomic mass is 10.3. The van der Waals surface area contributed by atoms with Crippen LogP contribution in [0.5, 0.6) is 11.5 Å². The Labute approximate surface area is 120 Å². The monoisotopic (exact) mass is 307 g/mol. The van der Waals surface area contributed by atoms with Gasteiger partial charge in [0.1, 0.15) is 6.61 Å². The fourth-order valence-corrected chi connectivity index (χ4v) is 1.38. The summed E-state index contributed by atoms with van der Waals surface area (Å²) in [6.45, 7) is -1.84. The van der Waals surface area contributed by atoms with Gasteiger partial charge in [-0.3, -0.25) is 4.79 Å². The highest BCUT2D eigenvalue weighted by molar-refractivity contribution is 5.77. The van der Waals surface area contributed by atoms with Crippen molar-refractivity contribution in [2.45, 2.75) is 6.18 Å². The van der Waals surface area contributed by atoms with Crippen molar-refractivity contribution < 1.29 is 32.2 Å². The molecule has 0 bridgehead atoms. The highest BCUT2D eigenvalue weighted by Crippen LogP contribution is 2.25. The van der Waals surface area contributed by atoms with Gasteiger partial charge >= 0.3 is 6.18 Å². The Morgan fingerprint density at radius 3 is 2.52 bits per heavy atom. The molecule has 0 aliphatic carbocycles. The van der Waals surface area contributed by atoms with Crippen LogP contribution >= 0.6 is 0 Å². The molecule has 0 fully saturated rings. The Kier molecular flexibility index (Phi) is 6.80. The zero-order chi connectivity index (χ0) is 15.7. The second-order valence-electron chi connectivity index (χ2n) is 3.96. The number of nitrogens with one attached hydrogen (secondary N) is 1. The van der Waals surface area contributed by atoms with E-state index in [-0.39, 0.29) is 19.8 Å². The summed E-state index contributed by atoms with van der Waals surface area (Å²) in [5.74, 6) is 0.429. The molecule has 0 heterocycles. The number of benzene rings is 1. The molecule has 0 atom stereocenters. The van der Waals surface area contributed by atoms with Gasteiger partial charge in [-0.15, -0.1) is 0 Å².